The third-order valence-corrected chi connectivity index (χ3v) is 2.56. The molecular weight excluding hydrogens is 378 g/mol. The molecule has 0 aromatic rings. The molecule has 4 heteroatoms. The third kappa shape index (κ3) is 3.26. The highest BCUT2D eigenvalue weighted by Crippen LogP contribution is 2.16. The highest BCUT2D eigenvalue weighted by molar-refractivity contribution is 14.0. The molecule has 2 rings (SSSR count). The molecule has 2 saturated heterocycles. The van der Waals surface area contributed by atoms with Gasteiger partial charge in [-0.2, -0.15) is 0 Å². The quantitative estimate of drug-likeness (QED) is 0.629. The van der Waals surface area contributed by atoms with Crippen LogP contribution in [0.3, 0.4) is 0 Å². The molecule has 0 N–H and O–H groups in total. The zero-order valence-corrected chi connectivity index (χ0v) is 12.0. The Morgan fingerprint density at radius 2 is 0.750 bits per heavy atom. The van der Waals surface area contributed by atoms with Crippen LogP contribution >= 0.6 is 48.0 Å². The van der Waals surface area contributed by atoms with E-state index in [0.717, 1.165) is 0 Å². The molecule has 0 amide bonds. The summed E-state index contributed by atoms with van der Waals surface area (Å²) in [7, 11) is 0. The summed E-state index contributed by atoms with van der Waals surface area (Å²) in [6, 6.07) is 0. The van der Waals surface area contributed by atoms with Gasteiger partial charge in [0.05, 0.1) is 0 Å². The first kappa shape index (κ1) is 13.4. The lowest BCUT2D eigenvalue weighted by Crippen LogP contribution is -2.38. The van der Waals surface area contributed by atoms with Gasteiger partial charge >= 0.3 is 0 Å². The molecule has 2 aliphatic heterocycles. The van der Waals surface area contributed by atoms with Crippen molar-refractivity contribution in [3.8, 4) is 0 Å². The summed E-state index contributed by atoms with van der Waals surface area (Å²) >= 11 is 0. The Morgan fingerprint density at radius 1 is 0.500 bits per heavy atom. The fourth-order valence-corrected chi connectivity index (χ4v) is 1.97. The van der Waals surface area contributed by atoms with E-state index in [1.54, 1.807) is 0 Å². The molecule has 2 aliphatic rings. The van der Waals surface area contributed by atoms with Crippen LogP contribution in [0.1, 0.15) is 25.7 Å². The van der Waals surface area contributed by atoms with Gasteiger partial charge in [-0.1, -0.05) is 0 Å². The van der Waals surface area contributed by atoms with Gasteiger partial charge in [-0.15, -0.1) is 48.0 Å². The van der Waals surface area contributed by atoms with E-state index in [4.69, 9.17) is 0 Å². The smallest absolute Gasteiger partial charge is 0.0133 e. The molecule has 0 bridgehead atoms. The third-order valence-electron chi connectivity index (χ3n) is 2.56. The van der Waals surface area contributed by atoms with E-state index in [9.17, 15) is 0 Å². The van der Waals surface area contributed by atoms with Gasteiger partial charge in [0.1, 0.15) is 0 Å². The van der Waals surface area contributed by atoms with E-state index in [-0.39, 0.29) is 48.0 Å². The van der Waals surface area contributed by atoms with Gasteiger partial charge in [-0.05, 0) is 25.7 Å². The molecule has 0 radical (unpaired) electrons. The lowest BCUT2D eigenvalue weighted by Gasteiger charge is -2.26. The van der Waals surface area contributed by atoms with Gasteiger partial charge in [0.2, 0.25) is 0 Å². The Hall–Kier alpha value is 1.38. The van der Waals surface area contributed by atoms with E-state index >= 15 is 0 Å². The molecular formula is C8H18I2N2. The van der Waals surface area contributed by atoms with Crippen molar-refractivity contribution < 1.29 is 0 Å². The minimum absolute atomic E-state index is 0. The van der Waals surface area contributed by atoms with Gasteiger partial charge in [0, 0.05) is 26.2 Å². The minimum Gasteiger partial charge on any atom is -0.242 e. The summed E-state index contributed by atoms with van der Waals surface area (Å²) in [6.07, 6.45) is 5.65. The average Bonchev–Trinajstić information content (AvgIpc) is 2.59. The summed E-state index contributed by atoms with van der Waals surface area (Å²) in [5.74, 6) is 0. The number of halogens is 2. The molecule has 74 valence electrons. The maximum Gasteiger partial charge on any atom is 0.0133 e. The predicted molar refractivity (Wildman–Crippen MR) is 72.4 cm³/mol. The van der Waals surface area contributed by atoms with Gasteiger partial charge in [-0.3, -0.25) is 0 Å². The number of nitrogens with zero attached hydrogens (tertiary/aromatic N) is 2. The predicted octanol–water partition coefficient (Wildman–Crippen LogP) is 2.33. The minimum atomic E-state index is 0. The van der Waals surface area contributed by atoms with Gasteiger partial charge in [0.25, 0.3) is 0 Å². The summed E-state index contributed by atoms with van der Waals surface area (Å²) in [4.78, 5) is 0. The topological polar surface area (TPSA) is 6.48 Å². The first-order chi connectivity index (χ1) is 4.97. The molecule has 0 spiro atoms. The summed E-state index contributed by atoms with van der Waals surface area (Å²) in [5, 5.41) is 5.07. The van der Waals surface area contributed by atoms with Gasteiger partial charge in [-0.25, -0.2) is 10.0 Å². The highest BCUT2D eigenvalue weighted by atomic mass is 127. The monoisotopic (exact) mass is 396 g/mol. The standard InChI is InChI=1S/C8H16N2.2HI/c1-2-6-9(5-1)10-7-3-4-8-10;;/h1-8H2;2*1H. The van der Waals surface area contributed by atoms with Crippen LogP contribution in [0.5, 0.6) is 0 Å². The molecule has 0 aromatic heterocycles. The SMILES string of the molecule is C1CCN(N2CCCC2)C1.I.I. The van der Waals surface area contributed by atoms with Gasteiger partial charge in [0.15, 0.2) is 0 Å². The molecule has 12 heavy (non-hydrogen) atoms. The maximum atomic E-state index is 2.53. The summed E-state index contributed by atoms with van der Waals surface area (Å²) < 4.78 is 0. The Kier molecular flexibility index (Phi) is 7.56. The number of hydrogen-bond acceptors (Lipinski definition) is 2. The summed E-state index contributed by atoms with van der Waals surface area (Å²) in [6.45, 7) is 5.28. The van der Waals surface area contributed by atoms with Crippen LogP contribution in [-0.4, -0.2) is 36.2 Å². The molecule has 0 aromatic carbocycles. The highest BCUT2D eigenvalue weighted by Gasteiger charge is 2.21. The fourth-order valence-electron chi connectivity index (χ4n) is 1.97. The van der Waals surface area contributed by atoms with Crippen LogP contribution in [-0.2, 0) is 0 Å². The Bertz CT molecular complexity index is 95.6. The maximum absolute atomic E-state index is 2.53. The van der Waals surface area contributed by atoms with Crippen molar-refractivity contribution in [3.05, 3.63) is 0 Å². The second-order valence-electron chi connectivity index (χ2n) is 3.32. The second-order valence-corrected chi connectivity index (χ2v) is 3.32. The first-order valence-electron chi connectivity index (χ1n) is 4.46. The van der Waals surface area contributed by atoms with Crippen molar-refractivity contribution in [2.24, 2.45) is 0 Å². The fraction of sp³-hybridized carbons (Fsp3) is 1.00. The largest absolute Gasteiger partial charge is 0.242 e. The average molecular weight is 396 g/mol. The lowest BCUT2D eigenvalue weighted by molar-refractivity contribution is 0.0220. The van der Waals surface area contributed by atoms with E-state index in [0.29, 0.717) is 0 Å². The molecule has 0 atom stereocenters. The van der Waals surface area contributed by atoms with Crippen LogP contribution in [0.2, 0.25) is 0 Å². The molecule has 0 unspecified atom stereocenters. The van der Waals surface area contributed by atoms with Crippen molar-refractivity contribution in [1.29, 1.82) is 0 Å². The molecule has 0 aliphatic carbocycles. The van der Waals surface area contributed by atoms with Crippen molar-refractivity contribution in [1.82, 2.24) is 10.0 Å². The van der Waals surface area contributed by atoms with Gasteiger partial charge < -0.3 is 0 Å². The second kappa shape index (κ2) is 6.78. The van der Waals surface area contributed by atoms with Crippen LogP contribution in [0.4, 0.5) is 0 Å². The number of rotatable bonds is 1. The van der Waals surface area contributed by atoms with Crippen molar-refractivity contribution in [2.45, 2.75) is 25.7 Å². The van der Waals surface area contributed by atoms with E-state index < -0.39 is 0 Å². The Balaban J connectivity index is 0.000000605. The molecule has 2 nitrogen and oxygen atoms in total. The first-order valence-corrected chi connectivity index (χ1v) is 4.46. The van der Waals surface area contributed by atoms with Crippen molar-refractivity contribution in [2.75, 3.05) is 26.2 Å². The van der Waals surface area contributed by atoms with Crippen molar-refractivity contribution in [3.63, 3.8) is 0 Å². The zero-order chi connectivity index (χ0) is 6.81. The van der Waals surface area contributed by atoms with Crippen LogP contribution in [0.25, 0.3) is 0 Å². The Morgan fingerprint density at radius 3 is 1.00 bits per heavy atom. The Labute approximate surface area is 109 Å². The van der Waals surface area contributed by atoms with E-state index in [2.05, 4.69) is 10.0 Å². The normalized spacial score (nSPS) is 25.0. The van der Waals surface area contributed by atoms with E-state index in [1.165, 1.54) is 51.9 Å². The van der Waals surface area contributed by atoms with Crippen LogP contribution in [0.15, 0.2) is 0 Å². The van der Waals surface area contributed by atoms with E-state index in [1.807, 2.05) is 0 Å². The molecule has 2 fully saturated rings. The van der Waals surface area contributed by atoms with Crippen molar-refractivity contribution >= 4 is 48.0 Å². The van der Waals surface area contributed by atoms with Crippen LogP contribution < -0.4 is 0 Å². The summed E-state index contributed by atoms with van der Waals surface area (Å²) in [5.41, 5.74) is 0. The molecule has 2 heterocycles. The lowest BCUT2D eigenvalue weighted by atomic mass is 10.4. The zero-order valence-electron chi connectivity index (χ0n) is 7.37. The molecule has 0 saturated carbocycles. The number of hydrazine groups is 1. The number of hydrogen-bond donors (Lipinski definition) is 0. The van der Waals surface area contributed by atoms with Crippen LogP contribution in [0, 0.1) is 0 Å².